The number of hydrogen-bond acceptors (Lipinski definition) is 4. The highest BCUT2D eigenvalue weighted by atomic mass is 127. The highest BCUT2D eigenvalue weighted by Crippen LogP contribution is 2.26. The van der Waals surface area contributed by atoms with Gasteiger partial charge in [0.05, 0.1) is 11.4 Å². The van der Waals surface area contributed by atoms with Crippen molar-refractivity contribution in [1.82, 2.24) is 19.9 Å². The number of aryl methyl sites for hydroxylation is 1. The Morgan fingerprint density at radius 3 is 2.90 bits per heavy atom. The van der Waals surface area contributed by atoms with Gasteiger partial charge >= 0.3 is 0 Å². The van der Waals surface area contributed by atoms with Gasteiger partial charge in [-0.15, -0.1) is 0 Å². The lowest BCUT2D eigenvalue weighted by Crippen LogP contribution is -2.34. The normalized spacial score (nSPS) is 10.9. The molecule has 2 aromatic rings. The first-order valence-electron chi connectivity index (χ1n) is 6.64. The van der Waals surface area contributed by atoms with Crippen LogP contribution in [0.15, 0.2) is 6.07 Å². The molecule has 0 spiro atoms. The first kappa shape index (κ1) is 16.3. The van der Waals surface area contributed by atoms with Crippen LogP contribution in [0.5, 0.6) is 0 Å². The van der Waals surface area contributed by atoms with E-state index in [4.69, 9.17) is 11.6 Å². The lowest BCUT2D eigenvalue weighted by Gasteiger charge is -2.23. The highest BCUT2D eigenvalue weighted by molar-refractivity contribution is 14.1. The average Bonchev–Trinajstić information content (AvgIpc) is 2.70. The van der Waals surface area contributed by atoms with Crippen molar-refractivity contribution in [3.8, 4) is 0 Å². The summed E-state index contributed by atoms with van der Waals surface area (Å²) >= 11 is 8.34. The van der Waals surface area contributed by atoms with Crippen LogP contribution in [-0.2, 0) is 4.79 Å². The maximum Gasteiger partial charge on any atom is 0.216 e. The smallest absolute Gasteiger partial charge is 0.216 e. The number of hydrogen-bond donors (Lipinski definition) is 1. The molecular weight excluding hydrogens is 405 g/mol. The van der Waals surface area contributed by atoms with Crippen LogP contribution in [0.3, 0.4) is 0 Å². The molecule has 8 heteroatoms. The van der Waals surface area contributed by atoms with Crippen molar-refractivity contribution in [2.24, 2.45) is 0 Å². The molecule has 6 nitrogen and oxygen atoms in total. The Bertz CT molecular complexity index is 672. The van der Waals surface area contributed by atoms with Crippen molar-refractivity contribution >= 4 is 51.4 Å². The minimum absolute atomic E-state index is 0.0323. The number of nitrogens with one attached hydrogen (secondary N) is 1. The number of likely N-dealkylation sites (N-methyl/N-ethyl adjacent to an activating group) is 1. The summed E-state index contributed by atoms with van der Waals surface area (Å²) in [5.41, 5.74) is 2.63. The van der Waals surface area contributed by atoms with Crippen LogP contribution in [0, 0.1) is 10.6 Å². The number of anilines is 1. The Balaban J connectivity index is 2.38. The summed E-state index contributed by atoms with van der Waals surface area (Å²) in [6.45, 7) is 7.57. The standard InChI is InChI=1S/C13H17ClIN5O/c1-4-19(6-5-16-9(3)21)10-7-11(14)18-20-12(15)8(2)17-13(10)20/h7H,4-6H2,1-3H3,(H,16,21). The molecule has 114 valence electrons. The maximum absolute atomic E-state index is 11.0. The van der Waals surface area contributed by atoms with E-state index < -0.39 is 0 Å². The Morgan fingerprint density at radius 1 is 1.57 bits per heavy atom. The lowest BCUT2D eigenvalue weighted by molar-refractivity contribution is -0.118. The maximum atomic E-state index is 11.0. The van der Waals surface area contributed by atoms with Crippen LogP contribution < -0.4 is 10.2 Å². The van der Waals surface area contributed by atoms with E-state index >= 15 is 0 Å². The van der Waals surface area contributed by atoms with Crippen LogP contribution in [0.25, 0.3) is 5.65 Å². The molecule has 0 aliphatic rings. The number of rotatable bonds is 5. The SMILES string of the molecule is CCN(CCNC(C)=O)c1cc(Cl)nn2c(I)c(C)nc12. The molecule has 1 amide bonds. The van der Waals surface area contributed by atoms with Crippen molar-refractivity contribution in [3.05, 3.63) is 20.6 Å². The van der Waals surface area contributed by atoms with Crippen LogP contribution in [-0.4, -0.2) is 40.1 Å². The second-order valence-corrected chi connectivity index (χ2v) is 6.05. The third-order valence-electron chi connectivity index (χ3n) is 3.12. The fourth-order valence-electron chi connectivity index (χ4n) is 2.11. The van der Waals surface area contributed by atoms with Gasteiger partial charge in [-0.05, 0) is 36.4 Å². The molecule has 0 fully saturated rings. The van der Waals surface area contributed by atoms with Crippen molar-refractivity contribution in [2.75, 3.05) is 24.5 Å². The van der Waals surface area contributed by atoms with E-state index in [1.165, 1.54) is 6.92 Å². The van der Waals surface area contributed by atoms with E-state index in [2.05, 4.69) is 49.8 Å². The number of halogens is 2. The molecule has 0 atom stereocenters. The van der Waals surface area contributed by atoms with E-state index in [1.807, 2.05) is 13.0 Å². The zero-order valence-electron chi connectivity index (χ0n) is 12.2. The fraction of sp³-hybridized carbons (Fsp3) is 0.462. The lowest BCUT2D eigenvalue weighted by atomic mass is 10.3. The topological polar surface area (TPSA) is 62.5 Å². The summed E-state index contributed by atoms with van der Waals surface area (Å²) in [6, 6.07) is 1.82. The molecule has 0 aliphatic carbocycles. The minimum atomic E-state index is -0.0323. The van der Waals surface area contributed by atoms with Crippen molar-refractivity contribution in [2.45, 2.75) is 20.8 Å². The molecule has 0 aliphatic heterocycles. The number of imidazole rings is 1. The molecule has 0 bridgehead atoms. The summed E-state index contributed by atoms with van der Waals surface area (Å²) in [7, 11) is 0. The monoisotopic (exact) mass is 421 g/mol. The van der Waals surface area contributed by atoms with Gasteiger partial charge in [0.15, 0.2) is 10.8 Å². The Labute approximate surface area is 142 Å². The van der Waals surface area contributed by atoms with Gasteiger partial charge in [-0.1, -0.05) is 11.6 Å². The summed E-state index contributed by atoms with van der Waals surface area (Å²) in [5.74, 6) is -0.0323. The largest absolute Gasteiger partial charge is 0.367 e. The quantitative estimate of drug-likeness (QED) is 0.752. The third kappa shape index (κ3) is 3.57. The van der Waals surface area contributed by atoms with Crippen LogP contribution in [0.2, 0.25) is 5.15 Å². The number of aromatic nitrogens is 3. The molecule has 0 unspecified atom stereocenters. The van der Waals surface area contributed by atoms with E-state index in [1.54, 1.807) is 4.52 Å². The fourth-order valence-corrected chi connectivity index (χ4v) is 2.74. The van der Waals surface area contributed by atoms with Gasteiger partial charge in [0, 0.05) is 32.6 Å². The molecule has 0 aromatic carbocycles. The molecular formula is C13H17ClIN5O. The second-order valence-electron chi connectivity index (χ2n) is 4.64. The van der Waals surface area contributed by atoms with Gasteiger partial charge in [0.25, 0.3) is 0 Å². The van der Waals surface area contributed by atoms with E-state index in [-0.39, 0.29) is 5.91 Å². The minimum Gasteiger partial charge on any atom is -0.367 e. The van der Waals surface area contributed by atoms with Crippen molar-refractivity contribution in [3.63, 3.8) is 0 Å². The number of carbonyl (C=O) groups is 1. The number of fused-ring (bicyclic) bond motifs is 1. The third-order valence-corrected chi connectivity index (χ3v) is 4.54. The number of nitrogens with zero attached hydrogens (tertiary/aromatic N) is 4. The zero-order chi connectivity index (χ0) is 15.6. The molecule has 1 N–H and O–H groups in total. The van der Waals surface area contributed by atoms with Crippen LogP contribution in [0.4, 0.5) is 5.69 Å². The zero-order valence-corrected chi connectivity index (χ0v) is 15.1. The molecule has 21 heavy (non-hydrogen) atoms. The number of amides is 1. The van der Waals surface area contributed by atoms with Crippen molar-refractivity contribution in [1.29, 1.82) is 0 Å². The van der Waals surface area contributed by atoms with Crippen LogP contribution in [0.1, 0.15) is 19.5 Å². The summed E-state index contributed by atoms with van der Waals surface area (Å²) in [5, 5.41) is 7.52. The molecule has 0 saturated carbocycles. The van der Waals surface area contributed by atoms with Gasteiger partial charge in [-0.2, -0.15) is 5.10 Å². The van der Waals surface area contributed by atoms with Crippen LogP contribution >= 0.6 is 34.2 Å². The van der Waals surface area contributed by atoms with Gasteiger partial charge in [0.1, 0.15) is 3.70 Å². The van der Waals surface area contributed by atoms with Gasteiger partial charge in [-0.25, -0.2) is 9.50 Å². The second kappa shape index (κ2) is 6.78. The molecule has 0 radical (unpaired) electrons. The molecule has 2 heterocycles. The predicted octanol–water partition coefficient (Wildman–Crippen LogP) is 2.26. The summed E-state index contributed by atoms with van der Waals surface area (Å²) in [4.78, 5) is 17.7. The molecule has 0 saturated heterocycles. The average molecular weight is 422 g/mol. The van der Waals surface area contributed by atoms with Gasteiger partial charge < -0.3 is 10.2 Å². The number of carbonyl (C=O) groups excluding carboxylic acids is 1. The predicted molar refractivity (Wildman–Crippen MR) is 92.0 cm³/mol. The molecule has 2 rings (SSSR count). The first-order valence-corrected chi connectivity index (χ1v) is 8.10. The Morgan fingerprint density at radius 2 is 2.29 bits per heavy atom. The summed E-state index contributed by atoms with van der Waals surface area (Å²) in [6.07, 6.45) is 0. The Kier molecular flexibility index (Phi) is 5.26. The van der Waals surface area contributed by atoms with Gasteiger partial charge in [0.2, 0.25) is 5.91 Å². The van der Waals surface area contributed by atoms with E-state index in [0.29, 0.717) is 18.2 Å². The van der Waals surface area contributed by atoms with Crippen molar-refractivity contribution < 1.29 is 4.79 Å². The van der Waals surface area contributed by atoms with Gasteiger partial charge in [-0.3, -0.25) is 4.79 Å². The Hall–Kier alpha value is -1.09. The molecule has 2 aromatic heterocycles. The van der Waals surface area contributed by atoms with E-state index in [9.17, 15) is 4.79 Å². The highest BCUT2D eigenvalue weighted by Gasteiger charge is 2.16. The summed E-state index contributed by atoms with van der Waals surface area (Å²) < 4.78 is 2.71. The van der Waals surface area contributed by atoms with E-state index in [0.717, 1.165) is 27.3 Å². The first-order chi connectivity index (χ1) is 9.93.